The summed E-state index contributed by atoms with van der Waals surface area (Å²) in [6.07, 6.45) is 3.63. The smallest absolute Gasteiger partial charge is 0.152 e. The molecule has 5 heteroatoms. The molecule has 1 N–H and O–H groups in total. The lowest BCUT2D eigenvalue weighted by Crippen LogP contribution is -2.36. The molecule has 2 rings (SSSR count). The van der Waals surface area contributed by atoms with Crippen molar-refractivity contribution in [2.75, 3.05) is 19.0 Å². The minimum atomic E-state index is -0.175. The summed E-state index contributed by atoms with van der Waals surface area (Å²) in [5.74, 6) is 1.24. The zero-order chi connectivity index (χ0) is 14.0. The van der Waals surface area contributed by atoms with Gasteiger partial charge in [-0.25, -0.2) is 9.50 Å². The molecule has 0 saturated heterocycles. The Labute approximate surface area is 114 Å². The second-order valence-corrected chi connectivity index (χ2v) is 5.77. The number of anilines is 1. The van der Waals surface area contributed by atoms with E-state index in [1.54, 1.807) is 13.3 Å². The van der Waals surface area contributed by atoms with Gasteiger partial charge in [0.1, 0.15) is 5.52 Å². The van der Waals surface area contributed by atoms with Gasteiger partial charge in [0.15, 0.2) is 5.82 Å². The summed E-state index contributed by atoms with van der Waals surface area (Å²) >= 11 is 0. The summed E-state index contributed by atoms with van der Waals surface area (Å²) in [5.41, 5.74) is 1.89. The van der Waals surface area contributed by atoms with E-state index in [4.69, 9.17) is 4.74 Å². The first-order valence-electron chi connectivity index (χ1n) is 6.54. The summed E-state index contributed by atoms with van der Waals surface area (Å²) in [6.45, 7) is 9.05. The topological polar surface area (TPSA) is 51.5 Å². The second-order valence-electron chi connectivity index (χ2n) is 5.77. The summed E-state index contributed by atoms with van der Waals surface area (Å²) in [6, 6.07) is 2.09. The van der Waals surface area contributed by atoms with Crippen molar-refractivity contribution in [1.82, 2.24) is 14.6 Å². The molecule has 104 valence electrons. The van der Waals surface area contributed by atoms with E-state index in [1.807, 2.05) is 10.7 Å². The van der Waals surface area contributed by atoms with Crippen LogP contribution in [0.1, 0.15) is 39.3 Å². The first-order chi connectivity index (χ1) is 8.93. The van der Waals surface area contributed by atoms with Gasteiger partial charge in [0, 0.05) is 19.5 Å². The number of rotatable bonds is 5. The molecule has 2 aromatic rings. The highest BCUT2D eigenvalue weighted by Crippen LogP contribution is 2.22. The molecular weight excluding hydrogens is 240 g/mol. The molecule has 0 aliphatic heterocycles. The monoisotopic (exact) mass is 262 g/mol. The van der Waals surface area contributed by atoms with E-state index in [0.29, 0.717) is 12.5 Å². The van der Waals surface area contributed by atoms with Crippen LogP contribution >= 0.6 is 0 Å². The maximum Gasteiger partial charge on any atom is 0.152 e. The molecule has 0 aliphatic carbocycles. The first kappa shape index (κ1) is 13.8. The van der Waals surface area contributed by atoms with Crippen LogP contribution in [0.2, 0.25) is 0 Å². The minimum absolute atomic E-state index is 0.175. The Hall–Kier alpha value is -1.62. The number of hydrogen-bond donors (Lipinski definition) is 1. The van der Waals surface area contributed by atoms with Crippen LogP contribution in [-0.2, 0) is 4.74 Å². The van der Waals surface area contributed by atoms with Crippen molar-refractivity contribution in [2.45, 2.75) is 39.2 Å². The van der Waals surface area contributed by atoms with E-state index in [1.165, 1.54) is 0 Å². The second kappa shape index (κ2) is 5.17. The number of hydrogen-bond acceptors (Lipinski definition) is 4. The quantitative estimate of drug-likeness (QED) is 0.900. The molecule has 0 fully saturated rings. The average molecular weight is 262 g/mol. The molecule has 0 saturated carbocycles. The number of ether oxygens (including phenoxy) is 1. The van der Waals surface area contributed by atoms with E-state index >= 15 is 0 Å². The molecule has 0 bridgehead atoms. The van der Waals surface area contributed by atoms with Crippen LogP contribution in [0.15, 0.2) is 18.5 Å². The number of fused-ring (bicyclic) bond motifs is 1. The number of methoxy groups -OCH3 is 1. The van der Waals surface area contributed by atoms with E-state index in [-0.39, 0.29) is 5.54 Å². The predicted molar refractivity (Wildman–Crippen MR) is 76.7 cm³/mol. The molecule has 0 aromatic carbocycles. The van der Waals surface area contributed by atoms with Gasteiger partial charge >= 0.3 is 0 Å². The van der Waals surface area contributed by atoms with Crippen LogP contribution in [0.5, 0.6) is 0 Å². The highest BCUT2D eigenvalue weighted by molar-refractivity contribution is 5.68. The van der Waals surface area contributed by atoms with Crippen molar-refractivity contribution in [2.24, 2.45) is 0 Å². The van der Waals surface area contributed by atoms with Crippen molar-refractivity contribution in [1.29, 1.82) is 0 Å². The van der Waals surface area contributed by atoms with Crippen molar-refractivity contribution in [3.8, 4) is 0 Å². The molecule has 0 aliphatic rings. The fraction of sp³-hybridized carbons (Fsp3) is 0.571. The van der Waals surface area contributed by atoms with Gasteiger partial charge in [-0.15, -0.1) is 0 Å². The van der Waals surface area contributed by atoms with Gasteiger partial charge in [-0.3, -0.25) is 0 Å². The van der Waals surface area contributed by atoms with Crippen LogP contribution < -0.4 is 5.32 Å². The summed E-state index contributed by atoms with van der Waals surface area (Å²) in [5, 5.41) is 7.97. The standard InChI is InChI=1S/C14H22N4O/c1-10(2)11-8-12-13(15-6-7-18(12)17-11)16-14(3,4)9-19-5/h6-8,10H,9H2,1-5H3,(H,15,16). The summed E-state index contributed by atoms with van der Waals surface area (Å²) in [4.78, 5) is 4.42. The van der Waals surface area contributed by atoms with Crippen molar-refractivity contribution >= 4 is 11.3 Å². The molecule has 5 nitrogen and oxygen atoms in total. The Morgan fingerprint density at radius 1 is 1.42 bits per heavy atom. The van der Waals surface area contributed by atoms with Gasteiger partial charge in [-0.1, -0.05) is 13.8 Å². The lowest BCUT2D eigenvalue weighted by atomic mass is 10.1. The van der Waals surface area contributed by atoms with Crippen molar-refractivity contribution in [3.63, 3.8) is 0 Å². The van der Waals surface area contributed by atoms with E-state index in [0.717, 1.165) is 17.0 Å². The van der Waals surface area contributed by atoms with Crippen molar-refractivity contribution in [3.05, 3.63) is 24.2 Å². The van der Waals surface area contributed by atoms with Crippen LogP contribution in [0.4, 0.5) is 5.82 Å². The Morgan fingerprint density at radius 2 is 2.16 bits per heavy atom. The third kappa shape index (κ3) is 3.04. The Bertz CT molecular complexity index is 560. The van der Waals surface area contributed by atoms with Crippen LogP contribution in [0.25, 0.3) is 5.52 Å². The van der Waals surface area contributed by atoms with Crippen molar-refractivity contribution < 1.29 is 4.74 Å². The van der Waals surface area contributed by atoms with Crippen LogP contribution in [0.3, 0.4) is 0 Å². The van der Waals surface area contributed by atoms with Gasteiger partial charge < -0.3 is 10.1 Å². The molecule has 2 heterocycles. The largest absolute Gasteiger partial charge is 0.382 e. The molecule has 0 radical (unpaired) electrons. The van der Waals surface area contributed by atoms with E-state index in [2.05, 4.69) is 49.2 Å². The number of aromatic nitrogens is 3. The highest BCUT2D eigenvalue weighted by atomic mass is 16.5. The summed E-state index contributed by atoms with van der Waals surface area (Å²) in [7, 11) is 1.70. The SMILES string of the molecule is COCC(C)(C)Nc1nccn2nc(C(C)C)cc12. The lowest BCUT2D eigenvalue weighted by Gasteiger charge is -2.26. The normalized spacial score (nSPS) is 12.3. The predicted octanol–water partition coefficient (Wildman–Crippen LogP) is 2.69. The minimum Gasteiger partial charge on any atom is -0.382 e. The fourth-order valence-corrected chi connectivity index (χ4v) is 2.04. The highest BCUT2D eigenvalue weighted by Gasteiger charge is 2.20. The van der Waals surface area contributed by atoms with Gasteiger partial charge in [-0.2, -0.15) is 5.10 Å². The summed E-state index contributed by atoms with van der Waals surface area (Å²) < 4.78 is 7.09. The Morgan fingerprint density at radius 3 is 2.79 bits per heavy atom. The van der Waals surface area contributed by atoms with Crippen LogP contribution in [0, 0.1) is 0 Å². The molecular formula is C14H22N4O. The molecule has 19 heavy (non-hydrogen) atoms. The van der Waals surface area contributed by atoms with E-state index < -0.39 is 0 Å². The first-order valence-corrected chi connectivity index (χ1v) is 6.54. The molecule has 0 amide bonds. The Kier molecular flexibility index (Phi) is 3.75. The molecule has 2 aromatic heterocycles. The maximum atomic E-state index is 5.22. The maximum absolute atomic E-state index is 5.22. The number of nitrogens with zero attached hydrogens (tertiary/aromatic N) is 3. The molecule has 0 unspecified atom stereocenters. The Balaban J connectivity index is 2.38. The molecule has 0 spiro atoms. The average Bonchev–Trinajstić information content (AvgIpc) is 2.73. The fourth-order valence-electron chi connectivity index (χ4n) is 2.04. The third-order valence-corrected chi connectivity index (χ3v) is 2.96. The zero-order valence-corrected chi connectivity index (χ0v) is 12.3. The molecule has 0 atom stereocenters. The zero-order valence-electron chi connectivity index (χ0n) is 12.3. The lowest BCUT2D eigenvalue weighted by molar-refractivity contribution is 0.158. The van der Waals surface area contributed by atoms with Gasteiger partial charge in [-0.05, 0) is 25.8 Å². The van der Waals surface area contributed by atoms with Gasteiger partial charge in [0.25, 0.3) is 0 Å². The van der Waals surface area contributed by atoms with E-state index in [9.17, 15) is 0 Å². The van der Waals surface area contributed by atoms with Crippen LogP contribution in [-0.4, -0.2) is 33.9 Å². The number of nitrogens with one attached hydrogen (secondary N) is 1. The van der Waals surface area contributed by atoms with Gasteiger partial charge in [0.2, 0.25) is 0 Å². The van der Waals surface area contributed by atoms with Gasteiger partial charge in [0.05, 0.1) is 17.8 Å². The third-order valence-electron chi connectivity index (χ3n) is 2.96.